The second-order valence-electron chi connectivity index (χ2n) is 7.05. The second-order valence-corrected chi connectivity index (χ2v) is 8.08. The van der Waals surface area contributed by atoms with Gasteiger partial charge in [-0.2, -0.15) is 0 Å². The van der Waals surface area contributed by atoms with Gasteiger partial charge in [-0.1, -0.05) is 78.9 Å². The van der Waals surface area contributed by atoms with Crippen molar-refractivity contribution in [2.75, 3.05) is 0 Å². The number of fused-ring (bicyclic) bond motifs is 1. The third-order valence-electron chi connectivity index (χ3n) is 5.03. The zero-order valence-corrected chi connectivity index (χ0v) is 17.0. The fraction of sp³-hybridized carbons (Fsp3) is 0. The fourth-order valence-corrected chi connectivity index (χ4v) is 4.53. The molecule has 1 N–H and O–H groups in total. The van der Waals surface area contributed by atoms with E-state index in [1.807, 2.05) is 42.5 Å². The Kier molecular flexibility index (Phi) is 4.88. The van der Waals surface area contributed by atoms with E-state index in [4.69, 9.17) is 4.98 Å². The summed E-state index contributed by atoms with van der Waals surface area (Å²) in [4.78, 5) is 4.72. The third-order valence-corrected chi connectivity index (χ3v) is 6.10. The van der Waals surface area contributed by atoms with Crippen molar-refractivity contribution >= 4 is 33.2 Å². The zero-order valence-electron chi connectivity index (χ0n) is 16.2. The van der Waals surface area contributed by atoms with Crippen molar-refractivity contribution in [1.29, 1.82) is 0 Å². The molecule has 5 aromatic rings. The van der Waals surface area contributed by atoms with Crippen LogP contribution < -0.4 is 0 Å². The number of aromatic hydroxyl groups is 1. The Morgan fingerprint density at radius 3 is 2.03 bits per heavy atom. The van der Waals surface area contributed by atoms with Crippen LogP contribution in [-0.4, -0.2) is 10.1 Å². The Morgan fingerprint density at radius 2 is 1.37 bits per heavy atom. The van der Waals surface area contributed by atoms with Crippen LogP contribution in [0, 0.1) is 0 Å². The van der Waals surface area contributed by atoms with Crippen LogP contribution in [0.3, 0.4) is 0 Å². The lowest BCUT2D eigenvalue weighted by molar-refractivity contribution is 0.477. The quantitative estimate of drug-likeness (QED) is 0.319. The summed E-state index contributed by atoms with van der Waals surface area (Å²) in [5.41, 5.74) is 6.16. The third kappa shape index (κ3) is 3.63. The maximum atomic E-state index is 10.5. The summed E-state index contributed by atoms with van der Waals surface area (Å²) in [7, 11) is 0. The Labute approximate surface area is 179 Å². The van der Waals surface area contributed by atoms with E-state index in [9.17, 15) is 5.11 Å². The van der Waals surface area contributed by atoms with E-state index in [2.05, 4.69) is 60.7 Å². The highest BCUT2D eigenvalue weighted by atomic mass is 32.1. The smallest absolute Gasteiger partial charge is 0.128 e. The molecule has 1 heterocycles. The van der Waals surface area contributed by atoms with Crippen molar-refractivity contribution in [1.82, 2.24) is 4.98 Å². The summed E-state index contributed by atoms with van der Waals surface area (Å²) >= 11 is 1.59. The molecule has 4 aromatic carbocycles. The number of aromatic nitrogens is 1. The standard InChI is InChI=1S/C27H19NOS/c29-25-16-15-19(18-23(25)27-28-24-13-7-8-14-26(24)30-27)17-22(20-9-3-1-4-10-20)21-11-5-2-6-12-21/h1-18,29H. The van der Waals surface area contributed by atoms with Crippen LogP contribution in [0.15, 0.2) is 103 Å². The number of hydrogen-bond donors (Lipinski definition) is 1. The molecule has 0 spiro atoms. The normalized spacial score (nSPS) is 10.8. The number of phenols is 1. The summed E-state index contributed by atoms with van der Waals surface area (Å²) in [5.74, 6) is 0.243. The molecule has 0 unspecified atom stereocenters. The Hall–Kier alpha value is -3.69. The number of rotatable bonds is 4. The summed E-state index contributed by atoms with van der Waals surface area (Å²) < 4.78 is 1.11. The Morgan fingerprint density at radius 1 is 0.733 bits per heavy atom. The monoisotopic (exact) mass is 405 g/mol. The van der Waals surface area contributed by atoms with Gasteiger partial charge in [0.25, 0.3) is 0 Å². The average Bonchev–Trinajstić information content (AvgIpc) is 3.24. The lowest BCUT2D eigenvalue weighted by atomic mass is 9.95. The minimum atomic E-state index is 0.243. The first-order valence-corrected chi connectivity index (χ1v) is 10.6. The first kappa shape index (κ1) is 18.3. The molecule has 1 aromatic heterocycles. The van der Waals surface area contributed by atoms with E-state index in [1.165, 1.54) is 0 Å². The van der Waals surface area contributed by atoms with E-state index in [0.29, 0.717) is 0 Å². The van der Waals surface area contributed by atoms with Crippen molar-refractivity contribution in [3.05, 3.63) is 120 Å². The maximum absolute atomic E-state index is 10.5. The largest absolute Gasteiger partial charge is 0.507 e. The number of para-hydroxylation sites is 1. The fourth-order valence-electron chi connectivity index (χ4n) is 3.54. The predicted molar refractivity (Wildman–Crippen MR) is 127 cm³/mol. The summed E-state index contributed by atoms with van der Waals surface area (Å²) in [6.07, 6.45) is 2.17. The molecule has 0 bridgehead atoms. The van der Waals surface area contributed by atoms with E-state index >= 15 is 0 Å². The molecule has 5 rings (SSSR count). The van der Waals surface area contributed by atoms with Gasteiger partial charge in [-0.05, 0) is 52.6 Å². The van der Waals surface area contributed by atoms with Crippen LogP contribution >= 0.6 is 11.3 Å². The van der Waals surface area contributed by atoms with E-state index in [-0.39, 0.29) is 5.75 Å². The number of nitrogens with zero attached hydrogens (tertiary/aromatic N) is 1. The first-order valence-electron chi connectivity index (χ1n) is 9.79. The maximum Gasteiger partial charge on any atom is 0.128 e. The van der Waals surface area contributed by atoms with E-state index < -0.39 is 0 Å². The molecule has 0 fully saturated rings. The molecule has 0 aliphatic carbocycles. The second kappa shape index (κ2) is 7.97. The number of hydrogen-bond acceptors (Lipinski definition) is 3. The first-order chi connectivity index (χ1) is 14.8. The molecule has 0 radical (unpaired) electrons. The van der Waals surface area contributed by atoms with Crippen LogP contribution in [0.25, 0.3) is 32.4 Å². The lowest BCUT2D eigenvalue weighted by Gasteiger charge is -2.10. The molecule has 2 nitrogen and oxygen atoms in total. The summed E-state index contributed by atoms with van der Waals surface area (Å²) in [6, 6.07) is 34.5. The van der Waals surface area contributed by atoms with Crippen molar-refractivity contribution in [2.24, 2.45) is 0 Å². The van der Waals surface area contributed by atoms with Crippen LogP contribution in [0.1, 0.15) is 16.7 Å². The van der Waals surface area contributed by atoms with Crippen molar-refractivity contribution in [2.45, 2.75) is 0 Å². The number of phenolic OH excluding ortho intramolecular Hbond substituents is 1. The van der Waals surface area contributed by atoms with Crippen LogP contribution in [0.5, 0.6) is 5.75 Å². The van der Waals surface area contributed by atoms with Gasteiger partial charge in [0.2, 0.25) is 0 Å². The molecule has 0 atom stereocenters. The van der Waals surface area contributed by atoms with Gasteiger partial charge in [0.05, 0.1) is 15.8 Å². The van der Waals surface area contributed by atoms with Crippen molar-refractivity contribution in [3.63, 3.8) is 0 Å². The Balaban J connectivity index is 1.64. The van der Waals surface area contributed by atoms with Crippen LogP contribution in [-0.2, 0) is 0 Å². The molecule has 144 valence electrons. The average molecular weight is 406 g/mol. The number of thiazole rings is 1. The van der Waals surface area contributed by atoms with Gasteiger partial charge in [-0.3, -0.25) is 0 Å². The van der Waals surface area contributed by atoms with E-state index in [0.717, 1.165) is 43.1 Å². The molecule has 0 amide bonds. The highest BCUT2D eigenvalue weighted by Crippen LogP contribution is 2.36. The van der Waals surface area contributed by atoms with Gasteiger partial charge in [0.15, 0.2) is 0 Å². The highest BCUT2D eigenvalue weighted by Gasteiger charge is 2.12. The van der Waals surface area contributed by atoms with Crippen LogP contribution in [0.2, 0.25) is 0 Å². The van der Waals surface area contributed by atoms with Gasteiger partial charge < -0.3 is 5.11 Å². The van der Waals surface area contributed by atoms with Gasteiger partial charge in [0, 0.05) is 0 Å². The molecule has 3 heteroatoms. The molecular formula is C27H19NOS. The van der Waals surface area contributed by atoms with E-state index in [1.54, 1.807) is 17.4 Å². The molecule has 0 saturated carbocycles. The van der Waals surface area contributed by atoms with Crippen LogP contribution in [0.4, 0.5) is 0 Å². The molecule has 0 saturated heterocycles. The topological polar surface area (TPSA) is 33.1 Å². The zero-order chi connectivity index (χ0) is 20.3. The SMILES string of the molecule is Oc1ccc(C=C(c2ccccc2)c2ccccc2)cc1-c1nc2ccccc2s1. The molecular weight excluding hydrogens is 386 g/mol. The van der Waals surface area contributed by atoms with Gasteiger partial charge in [-0.25, -0.2) is 4.98 Å². The molecule has 30 heavy (non-hydrogen) atoms. The minimum absolute atomic E-state index is 0.243. The van der Waals surface area contributed by atoms with Crippen molar-refractivity contribution < 1.29 is 5.11 Å². The van der Waals surface area contributed by atoms with Gasteiger partial charge in [0.1, 0.15) is 10.8 Å². The van der Waals surface area contributed by atoms with Gasteiger partial charge >= 0.3 is 0 Å². The highest BCUT2D eigenvalue weighted by molar-refractivity contribution is 7.21. The summed E-state index contributed by atoms with van der Waals surface area (Å²) in [5, 5.41) is 11.4. The predicted octanol–water partition coefficient (Wildman–Crippen LogP) is 7.26. The summed E-state index contributed by atoms with van der Waals surface area (Å²) in [6.45, 7) is 0. The minimum Gasteiger partial charge on any atom is -0.507 e. The molecule has 0 aliphatic heterocycles. The van der Waals surface area contributed by atoms with Gasteiger partial charge in [-0.15, -0.1) is 11.3 Å². The number of benzene rings is 4. The molecule has 0 aliphatic rings. The van der Waals surface area contributed by atoms with Crippen molar-refractivity contribution in [3.8, 4) is 16.3 Å². The Bertz CT molecular complexity index is 1260. The lowest BCUT2D eigenvalue weighted by Crippen LogP contribution is -1.88.